The van der Waals surface area contributed by atoms with E-state index in [9.17, 15) is 5.11 Å². The van der Waals surface area contributed by atoms with E-state index < -0.39 is 6.10 Å². The summed E-state index contributed by atoms with van der Waals surface area (Å²) in [6.07, 6.45) is 3.88. The van der Waals surface area contributed by atoms with Crippen LogP contribution in [0.25, 0.3) is 22.3 Å². The lowest BCUT2D eigenvalue weighted by Gasteiger charge is -2.15. The average Bonchev–Trinajstić information content (AvgIpc) is 3.66. The van der Waals surface area contributed by atoms with E-state index in [4.69, 9.17) is 30.8 Å². The number of aromatic nitrogens is 5. The van der Waals surface area contributed by atoms with Crippen molar-refractivity contribution in [3.8, 4) is 17.1 Å². The molecule has 4 aromatic rings. The van der Waals surface area contributed by atoms with E-state index in [1.807, 2.05) is 25.4 Å². The van der Waals surface area contributed by atoms with Crippen LogP contribution in [0, 0.1) is 6.92 Å². The number of nitrogens with zero attached hydrogens (tertiary/aromatic N) is 4. The molecule has 0 aromatic carbocycles. The van der Waals surface area contributed by atoms with Crippen molar-refractivity contribution < 1.29 is 19.3 Å². The number of halogens is 1. The molecule has 5 atom stereocenters. The number of nitrogens with one attached hydrogen (secondary N) is 2. The van der Waals surface area contributed by atoms with Crippen molar-refractivity contribution in [1.82, 2.24) is 24.9 Å². The SMILES string of the molecule is Cc1ccc(-c2cnc3c(c2)CCC3Nc2nc3nc(O[C@@H]4CO[C@H]5[C@@H]4OC[C@H]5O)[nH]c3cc2Cl)cn1. The minimum atomic E-state index is -0.634. The first kappa shape index (κ1) is 22.9. The van der Waals surface area contributed by atoms with E-state index in [2.05, 4.69) is 37.4 Å². The summed E-state index contributed by atoms with van der Waals surface area (Å²) in [4.78, 5) is 21.4. The van der Waals surface area contributed by atoms with Crippen LogP contribution in [0.4, 0.5) is 5.82 Å². The Kier molecular flexibility index (Phi) is 5.51. The van der Waals surface area contributed by atoms with E-state index >= 15 is 0 Å². The molecule has 2 aliphatic heterocycles. The van der Waals surface area contributed by atoms with E-state index in [-0.39, 0.29) is 31.0 Å². The van der Waals surface area contributed by atoms with Gasteiger partial charge in [0.2, 0.25) is 0 Å². The third-order valence-electron chi connectivity index (χ3n) is 7.24. The molecule has 1 unspecified atom stereocenters. The zero-order valence-corrected chi connectivity index (χ0v) is 20.8. The van der Waals surface area contributed by atoms with Crippen molar-refractivity contribution in [2.45, 2.75) is 50.2 Å². The third kappa shape index (κ3) is 4.10. The number of aryl methyl sites for hydroxylation is 2. The predicted molar refractivity (Wildman–Crippen MR) is 136 cm³/mol. The molecule has 37 heavy (non-hydrogen) atoms. The minimum absolute atomic E-state index is 0.00387. The number of hydrogen-bond acceptors (Lipinski definition) is 9. The van der Waals surface area contributed by atoms with Gasteiger partial charge in [-0.15, -0.1) is 0 Å². The fourth-order valence-electron chi connectivity index (χ4n) is 5.31. The van der Waals surface area contributed by atoms with Crippen LogP contribution in [-0.4, -0.2) is 67.7 Å². The Balaban J connectivity index is 1.09. The highest BCUT2D eigenvalue weighted by Gasteiger charge is 2.48. The molecule has 190 valence electrons. The van der Waals surface area contributed by atoms with Gasteiger partial charge in [0, 0.05) is 29.2 Å². The molecule has 6 heterocycles. The number of ether oxygens (including phenoxy) is 3. The smallest absolute Gasteiger partial charge is 0.296 e. The van der Waals surface area contributed by atoms with Gasteiger partial charge in [-0.05, 0) is 43.5 Å². The molecule has 3 N–H and O–H groups in total. The summed E-state index contributed by atoms with van der Waals surface area (Å²) in [7, 11) is 0. The molecular weight excluding hydrogens is 496 g/mol. The van der Waals surface area contributed by atoms with Gasteiger partial charge >= 0.3 is 0 Å². The van der Waals surface area contributed by atoms with Gasteiger partial charge in [-0.2, -0.15) is 4.98 Å². The molecule has 3 aliphatic rings. The molecule has 10 nitrogen and oxygen atoms in total. The Labute approximate surface area is 217 Å². The highest BCUT2D eigenvalue weighted by atomic mass is 35.5. The monoisotopic (exact) mass is 520 g/mol. The summed E-state index contributed by atoms with van der Waals surface area (Å²) in [5.74, 6) is 0.546. The highest BCUT2D eigenvalue weighted by Crippen LogP contribution is 2.37. The van der Waals surface area contributed by atoms with Gasteiger partial charge in [-0.1, -0.05) is 17.7 Å². The van der Waals surface area contributed by atoms with Crippen molar-refractivity contribution in [3.63, 3.8) is 0 Å². The fourth-order valence-corrected chi connectivity index (χ4v) is 5.52. The topological polar surface area (TPSA) is 127 Å². The first-order valence-corrected chi connectivity index (χ1v) is 12.7. The number of H-pyrrole nitrogens is 1. The lowest BCUT2D eigenvalue weighted by molar-refractivity contribution is 0.00706. The van der Waals surface area contributed by atoms with Crippen molar-refractivity contribution in [2.24, 2.45) is 0 Å². The second-order valence-corrected chi connectivity index (χ2v) is 10.2. The summed E-state index contributed by atoms with van der Waals surface area (Å²) in [6.45, 7) is 2.54. The van der Waals surface area contributed by atoms with Gasteiger partial charge in [0.05, 0.1) is 35.5 Å². The van der Waals surface area contributed by atoms with Crippen LogP contribution < -0.4 is 10.1 Å². The largest absolute Gasteiger partial charge is 0.456 e. The molecule has 2 saturated heterocycles. The van der Waals surface area contributed by atoms with Crippen LogP contribution in [0.5, 0.6) is 6.01 Å². The Bertz CT molecular complexity index is 1480. The van der Waals surface area contributed by atoms with Gasteiger partial charge in [0.1, 0.15) is 24.1 Å². The number of aliphatic hydroxyl groups excluding tert-OH is 1. The van der Waals surface area contributed by atoms with Crippen molar-refractivity contribution in [1.29, 1.82) is 0 Å². The summed E-state index contributed by atoms with van der Waals surface area (Å²) < 4.78 is 17.2. The van der Waals surface area contributed by atoms with Gasteiger partial charge in [0.25, 0.3) is 6.01 Å². The number of hydrogen-bond donors (Lipinski definition) is 3. The van der Waals surface area contributed by atoms with Crippen LogP contribution >= 0.6 is 11.6 Å². The van der Waals surface area contributed by atoms with Crippen molar-refractivity contribution in [2.75, 3.05) is 18.5 Å². The molecule has 0 bridgehead atoms. The normalized spacial score (nSPS) is 26.4. The third-order valence-corrected chi connectivity index (χ3v) is 7.53. The Morgan fingerprint density at radius 2 is 1.95 bits per heavy atom. The Morgan fingerprint density at radius 3 is 2.81 bits per heavy atom. The van der Waals surface area contributed by atoms with Gasteiger partial charge < -0.3 is 29.6 Å². The average molecular weight is 521 g/mol. The van der Waals surface area contributed by atoms with Gasteiger partial charge in [-0.25, -0.2) is 4.98 Å². The minimum Gasteiger partial charge on any atom is -0.456 e. The number of rotatable bonds is 5. The number of anilines is 1. The number of pyridine rings is 3. The molecule has 0 saturated carbocycles. The number of imidazole rings is 1. The van der Waals surface area contributed by atoms with Crippen molar-refractivity contribution >= 4 is 28.6 Å². The van der Waals surface area contributed by atoms with E-state index in [1.165, 1.54) is 5.56 Å². The molecular formula is C26H25ClN6O4. The predicted octanol–water partition coefficient (Wildman–Crippen LogP) is 3.38. The lowest BCUT2D eigenvalue weighted by atomic mass is 10.1. The molecule has 0 radical (unpaired) electrons. The second kappa shape index (κ2) is 8.91. The number of aromatic amines is 1. The fraction of sp³-hybridized carbons (Fsp3) is 0.385. The first-order chi connectivity index (χ1) is 18.0. The summed E-state index contributed by atoms with van der Waals surface area (Å²) >= 11 is 6.59. The summed E-state index contributed by atoms with van der Waals surface area (Å²) in [6, 6.07) is 8.35. The maximum atomic E-state index is 9.94. The number of fused-ring (bicyclic) bond motifs is 3. The molecule has 0 spiro atoms. The molecule has 1 aliphatic carbocycles. The first-order valence-electron chi connectivity index (χ1n) is 12.3. The number of aliphatic hydroxyl groups is 1. The summed E-state index contributed by atoms with van der Waals surface area (Å²) in [5.41, 5.74) is 6.46. The van der Waals surface area contributed by atoms with Crippen LogP contribution in [-0.2, 0) is 15.9 Å². The standard InChI is InChI=1S/C26H25ClN6O4/c1-12-2-3-14(8-28-12)15-6-13-4-5-17(21(13)29-9-15)30-24-16(27)7-18-25(32-24)33-26(31-18)37-20-11-36-22-19(34)10-35-23(20)22/h2-3,6-9,17,19-20,22-23,34H,4-5,10-11H2,1H3,(H2,30,31,32,33)/t17?,19-,20-,22-,23-/m1/s1. The molecule has 4 aromatic heterocycles. The maximum Gasteiger partial charge on any atom is 0.296 e. The van der Waals surface area contributed by atoms with Crippen LogP contribution in [0.3, 0.4) is 0 Å². The second-order valence-electron chi connectivity index (χ2n) is 9.74. The van der Waals surface area contributed by atoms with Gasteiger partial charge in [-0.3, -0.25) is 9.97 Å². The molecule has 0 amide bonds. The summed E-state index contributed by atoms with van der Waals surface area (Å²) in [5, 5.41) is 13.9. The maximum absolute atomic E-state index is 9.94. The van der Waals surface area contributed by atoms with Crippen molar-refractivity contribution in [3.05, 3.63) is 58.6 Å². The van der Waals surface area contributed by atoms with Crippen LogP contribution in [0.1, 0.15) is 29.4 Å². The molecule has 2 fully saturated rings. The molecule has 7 rings (SSSR count). The Morgan fingerprint density at radius 1 is 1.08 bits per heavy atom. The lowest BCUT2D eigenvalue weighted by Crippen LogP contribution is -2.34. The van der Waals surface area contributed by atoms with E-state index in [0.717, 1.165) is 35.4 Å². The molecule has 11 heteroatoms. The quantitative estimate of drug-likeness (QED) is 0.363. The highest BCUT2D eigenvalue weighted by molar-refractivity contribution is 6.33. The Hall–Kier alpha value is -3.31. The zero-order valence-electron chi connectivity index (χ0n) is 20.0. The van der Waals surface area contributed by atoms with Gasteiger partial charge in [0.15, 0.2) is 11.8 Å². The van der Waals surface area contributed by atoms with Crippen LogP contribution in [0.2, 0.25) is 5.02 Å². The van der Waals surface area contributed by atoms with Crippen LogP contribution in [0.15, 0.2) is 36.7 Å². The van der Waals surface area contributed by atoms with E-state index in [1.54, 1.807) is 6.07 Å². The van der Waals surface area contributed by atoms with E-state index in [0.29, 0.717) is 34.6 Å². The zero-order chi connectivity index (χ0) is 25.1.